The van der Waals surface area contributed by atoms with Gasteiger partial charge >= 0.3 is 0 Å². The number of rotatable bonds is 3. The van der Waals surface area contributed by atoms with Crippen LogP contribution in [-0.2, 0) is 11.2 Å². The zero-order chi connectivity index (χ0) is 14.9. The van der Waals surface area contributed by atoms with Gasteiger partial charge in [0.25, 0.3) is 0 Å². The highest BCUT2D eigenvalue weighted by molar-refractivity contribution is 5.92. The Morgan fingerprint density at radius 1 is 1.14 bits per heavy atom. The van der Waals surface area contributed by atoms with E-state index in [1.54, 1.807) is 0 Å². The number of para-hydroxylation sites is 1. The largest absolute Gasteiger partial charge is 0.324 e. The molecule has 1 aliphatic heterocycles. The van der Waals surface area contributed by atoms with Crippen molar-refractivity contribution in [3.05, 3.63) is 42.0 Å². The van der Waals surface area contributed by atoms with Crippen LogP contribution in [0.25, 0.3) is 0 Å². The van der Waals surface area contributed by atoms with E-state index in [1.807, 2.05) is 18.2 Å². The van der Waals surface area contributed by atoms with Gasteiger partial charge in [-0.15, -0.1) is 10.2 Å². The summed E-state index contributed by atoms with van der Waals surface area (Å²) >= 11 is 0. The quantitative estimate of drug-likeness (QED) is 0.945. The number of carbonyl (C=O) groups is 1. The number of hydrogen-bond acceptors (Lipinski definition) is 4. The lowest BCUT2D eigenvalue weighted by Gasteiger charge is -2.23. The van der Waals surface area contributed by atoms with Gasteiger partial charge < -0.3 is 10.2 Å². The fourth-order valence-corrected chi connectivity index (χ4v) is 3.01. The van der Waals surface area contributed by atoms with Gasteiger partial charge in [-0.3, -0.25) is 4.79 Å². The molecule has 0 unspecified atom stereocenters. The third-order valence-electron chi connectivity index (χ3n) is 4.54. The SMILES string of the molecule is O=C(Nc1ccc(N2CCc3ccccc32)nn1)C1CCC1. The van der Waals surface area contributed by atoms with E-state index in [-0.39, 0.29) is 11.8 Å². The maximum Gasteiger partial charge on any atom is 0.228 e. The van der Waals surface area contributed by atoms with Crippen LogP contribution < -0.4 is 10.2 Å². The van der Waals surface area contributed by atoms with Crippen molar-refractivity contribution in [1.82, 2.24) is 10.2 Å². The van der Waals surface area contributed by atoms with Gasteiger partial charge in [-0.1, -0.05) is 24.6 Å². The van der Waals surface area contributed by atoms with Gasteiger partial charge in [0.15, 0.2) is 11.6 Å². The van der Waals surface area contributed by atoms with E-state index in [4.69, 9.17) is 0 Å². The van der Waals surface area contributed by atoms with Gasteiger partial charge in [-0.05, 0) is 43.0 Å². The van der Waals surface area contributed by atoms with Crippen molar-refractivity contribution in [2.24, 2.45) is 5.92 Å². The van der Waals surface area contributed by atoms with Gasteiger partial charge in [0.05, 0.1) is 0 Å². The monoisotopic (exact) mass is 294 g/mol. The van der Waals surface area contributed by atoms with E-state index in [0.29, 0.717) is 5.82 Å². The fourth-order valence-electron chi connectivity index (χ4n) is 3.01. The summed E-state index contributed by atoms with van der Waals surface area (Å²) in [5.41, 5.74) is 2.54. The number of fused-ring (bicyclic) bond motifs is 1. The number of carbonyl (C=O) groups excluding carboxylic acids is 1. The zero-order valence-corrected chi connectivity index (χ0v) is 12.3. The molecule has 4 rings (SSSR count). The molecular weight excluding hydrogens is 276 g/mol. The lowest BCUT2D eigenvalue weighted by atomic mass is 9.85. The van der Waals surface area contributed by atoms with Gasteiger partial charge in [0.1, 0.15) is 0 Å². The smallest absolute Gasteiger partial charge is 0.228 e. The van der Waals surface area contributed by atoms with E-state index in [9.17, 15) is 4.79 Å². The first-order valence-corrected chi connectivity index (χ1v) is 7.81. The zero-order valence-electron chi connectivity index (χ0n) is 12.3. The van der Waals surface area contributed by atoms with E-state index >= 15 is 0 Å². The maximum atomic E-state index is 11.9. The Morgan fingerprint density at radius 2 is 2.00 bits per heavy atom. The number of nitrogens with one attached hydrogen (secondary N) is 1. The van der Waals surface area contributed by atoms with E-state index in [1.165, 1.54) is 11.3 Å². The van der Waals surface area contributed by atoms with Crippen LogP contribution in [-0.4, -0.2) is 22.6 Å². The molecule has 22 heavy (non-hydrogen) atoms. The molecule has 0 bridgehead atoms. The molecule has 2 aromatic rings. The predicted octanol–water partition coefficient (Wildman–Crippen LogP) is 2.91. The number of anilines is 3. The Kier molecular flexibility index (Phi) is 3.25. The standard InChI is InChI=1S/C17H18N4O/c22-17(13-5-3-6-13)18-15-8-9-16(20-19-15)21-11-10-12-4-1-2-7-14(12)21/h1-2,4,7-9,13H,3,5-6,10-11H2,(H,18,19,22). The molecule has 1 aromatic heterocycles. The second kappa shape index (κ2) is 5.40. The van der Waals surface area contributed by atoms with Crippen molar-refractivity contribution >= 4 is 23.2 Å². The highest BCUT2D eigenvalue weighted by atomic mass is 16.2. The van der Waals surface area contributed by atoms with Crippen molar-refractivity contribution in [3.8, 4) is 0 Å². The number of nitrogens with zero attached hydrogens (tertiary/aromatic N) is 3. The van der Waals surface area contributed by atoms with Gasteiger partial charge in [-0.25, -0.2) is 0 Å². The molecule has 5 nitrogen and oxygen atoms in total. The molecule has 0 saturated heterocycles. The minimum Gasteiger partial charge on any atom is -0.324 e. The topological polar surface area (TPSA) is 58.1 Å². The van der Waals surface area contributed by atoms with Crippen LogP contribution in [0.2, 0.25) is 0 Å². The van der Waals surface area contributed by atoms with E-state index in [2.05, 4.69) is 38.6 Å². The second-order valence-electron chi connectivity index (χ2n) is 5.92. The Labute approximate surface area is 129 Å². The van der Waals surface area contributed by atoms with Crippen LogP contribution in [0.15, 0.2) is 36.4 Å². The van der Waals surface area contributed by atoms with Crippen LogP contribution in [0.1, 0.15) is 24.8 Å². The van der Waals surface area contributed by atoms with Gasteiger partial charge in [-0.2, -0.15) is 0 Å². The molecule has 1 fully saturated rings. The third kappa shape index (κ3) is 2.32. The third-order valence-corrected chi connectivity index (χ3v) is 4.54. The van der Waals surface area contributed by atoms with Crippen molar-refractivity contribution in [3.63, 3.8) is 0 Å². The number of hydrogen-bond donors (Lipinski definition) is 1. The van der Waals surface area contributed by atoms with E-state index < -0.39 is 0 Å². The molecule has 0 radical (unpaired) electrons. The van der Waals surface area contributed by atoms with Crippen molar-refractivity contribution in [2.75, 3.05) is 16.8 Å². The van der Waals surface area contributed by atoms with Crippen molar-refractivity contribution in [2.45, 2.75) is 25.7 Å². The number of amides is 1. The molecule has 5 heteroatoms. The molecule has 1 saturated carbocycles. The molecule has 2 heterocycles. The highest BCUT2D eigenvalue weighted by Gasteiger charge is 2.26. The highest BCUT2D eigenvalue weighted by Crippen LogP contribution is 2.33. The van der Waals surface area contributed by atoms with Crippen LogP contribution in [0.3, 0.4) is 0 Å². The molecule has 2 aliphatic rings. The molecule has 1 amide bonds. The molecule has 1 N–H and O–H groups in total. The summed E-state index contributed by atoms with van der Waals surface area (Å²) in [5, 5.41) is 11.3. The first-order chi connectivity index (χ1) is 10.8. The Balaban J connectivity index is 1.49. The summed E-state index contributed by atoms with van der Waals surface area (Å²) in [4.78, 5) is 14.1. The van der Waals surface area contributed by atoms with Crippen LogP contribution in [0.5, 0.6) is 0 Å². The Bertz CT molecular complexity index is 694. The van der Waals surface area contributed by atoms with Gasteiger partial charge in [0.2, 0.25) is 5.91 Å². The summed E-state index contributed by atoms with van der Waals surface area (Å²) in [7, 11) is 0. The maximum absolute atomic E-state index is 11.9. The van der Waals surface area contributed by atoms with Crippen LogP contribution >= 0.6 is 0 Å². The summed E-state index contributed by atoms with van der Waals surface area (Å²) in [6, 6.07) is 12.1. The Hall–Kier alpha value is -2.43. The normalized spacial score (nSPS) is 17.0. The summed E-state index contributed by atoms with van der Waals surface area (Å²) in [6.07, 6.45) is 4.15. The van der Waals surface area contributed by atoms with Crippen LogP contribution in [0, 0.1) is 5.92 Å². The second-order valence-corrected chi connectivity index (χ2v) is 5.92. The fraction of sp³-hybridized carbons (Fsp3) is 0.353. The summed E-state index contributed by atoms with van der Waals surface area (Å²) in [6.45, 7) is 0.918. The molecule has 0 spiro atoms. The first-order valence-electron chi connectivity index (χ1n) is 7.81. The summed E-state index contributed by atoms with van der Waals surface area (Å²) < 4.78 is 0. The van der Waals surface area contributed by atoms with Gasteiger partial charge in [0, 0.05) is 18.2 Å². The molecule has 0 atom stereocenters. The molecule has 112 valence electrons. The van der Waals surface area contributed by atoms with Crippen molar-refractivity contribution < 1.29 is 4.79 Å². The first kappa shape index (κ1) is 13.2. The predicted molar refractivity (Wildman–Crippen MR) is 85.2 cm³/mol. The minimum absolute atomic E-state index is 0.0693. The molecule has 1 aromatic carbocycles. The lowest BCUT2D eigenvalue weighted by Crippen LogP contribution is -2.28. The van der Waals surface area contributed by atoms with Crippen LogP contribution in [0.4, 0.5) is 17.3 Å². The van der Waals surface area contributed by atoms with Crippen molar-refractivity contribution in [1.29, 1.82) is 0 Å². The molecule has 1 aliphatic carbocycles. The summed E-state index contributed by atoms with van der Waals surface area (Å²) in [5.74, 6) is 1.59. The minimum atomic E-state index is 0.0693. The van der Waals surface area contributed by atoms with E-state index in [0.717, 1.165) is 38.0 Å². The molecular formula is C17H18N4O. The Morgan fingerprint density at radius 3 is 2.73 bits per heavy atom. The number of benzene rings is 1. The average molecular weight is 294 g/mol. The lowest BCUT2D eigenvalue weighted by molar-refractivity contribution is -0.122. The average Bonchev–Trinajstić information content (AvgIpc) is 2.90. The number of aromatic nitrogens is 2.